The molecule has 2 rings (SSSR count). The summed E-state index contributed by atoms with van der Waals surface area (Å²) in [6, 6.07) is 9.87. The van der Waals surface area contributed by atoms with Gasteiger partial charge in [0.15, 0.2) is 0 Å². The SMILES string of the molecule is COC(=O)c1cc(NCC(=O)NC(C)c2ccc(C)c(C)c2)ccc1F. The van der Waals surface area contributed by atoms with Gasteiger partial charge in [0.1, 0.15) is 5.82 Å². The van der Waals surface area contributed by atoms with E-state index in [1.807, 2.05) is 32.9 Å². The Morgan fingerprint density at radius 2 is 1.85 bits per heavy atom. The minimum Gasteiger partial charge on any atom is -0.465 e. The lowest BCUT2D eigenvalue weighted by atomic mass is 10.0. The van der Waals surface area contributed by atoms with Gasteiger partial charge in [-0.2, -0.15) is 0 Å². The highest BCUT2D eigenvalue weighted by molar-refractivity contribution is 5.91. The Kier molecular flexibility index (Phi) is 6.33. The van der Waals surface area contributed by atoms with Crippen LogP contribution in [0.4, 0.5) is 10.1 Å². The summed E-state index contributed by atoms with van der Waals surface area (Å²) in [5, 5.41) is 5.79. The fraction of sp³-hybridized carbons (Fsp3) is 0.300. The lowest BCUT2D eigenvalue weighted by molar-refractivity contribution is -0.120. The molecule has 0 aromatic heterocycles. The van der Waals surface area contributed by atoms with E-state index in [-0.39, 0.29) is 24.1 Å². The maximum absolute atomic E-state index is 13.6. The van der Waals surface area contributed by atoms with Crippen LogP contribution in [0.5, 0.6) is 0 Å². The maximum Gasteiger partial charge on any atom is 0.340 e. The van der Waals surface area contributed by atoms with Crippen molar-refractivity contribution in [2.75, 3.05) is 19.0 Å². The molecule has 0 bridgehead atoms. The lowest BCUT2D eigenvalue weighted by Crippen LogP contribution is -2.32. The normalized spacial score (nSPS) is 11.6. The molecule has 1 atom stereocenters. The Balaban J connectivity index is 1.96. The predicted octanol–water partition coefficient (Wildman–Crippen LogP) is 3.52. The third-order valence-corrected chi connectivity index (χ3v) is 4.23. The molecule has 6 heteroatoms. The number of hydrogen-bond acceptors (Lipinski definition) is 4. The van der Waals surface area contributed by atoms with Crippen molar-refractivity contribution >= 4 is 17.6 Å². The summed E-state index contributed by atoms with van der Waals surface area (Å²) in [5.74, 6) is -1.64. The summed E-state index contributed by atoms with van der Waals surface area (Å²) in [6.07, 6.45) is 0. The van der Waals surface area contributed by atoms with Gasteiger partial charge in [-0.05, 0) is 55.7 Å². The van der Waals surface area contributed by atoms with Crippen LogP contribution in [0.2, 0.25) is 0 Å². The van der Waals surface area contributed by atoms with Gasteiger partial charge in [0, 0.05) is 5.69 Å². The van der Waals surface area contributed by atoms with Crippen LogP contribution in [-0.4, -0.2) is 25.5 Å². The molecule has 138 valence electrons. The quantitative estimate of drug-likeness (QED) is 0.776. The number of carbonyl (C=O) groups excluding carboxylic acids is 2. The first kappa shape index (κ1) is 19.4. The molecule has 2 aromatic carbocycles. The van der Waals surface area contributed by atoms with E-state index in [1.165, 1.54) is 30.4 Å². The molecule has 26 heavy (non-hydrogen) atoms. The number of benzene rings is 2. The Labute approximate surface area is 152 Å². The van der Waals surface area contributed by atoms with Gasteiger partial charge in [0.25, 0.3) is 0 Å². The summed E-state index contributed by atoms with van der Waals surface area (Å²) in [7, 11) is 1.18. The van der Waals surface area contributed by atoms with E-state index in [4.69, 9.17) is 0 Å². The van der Waals surface area contributed by atoms with E-state index in [9.17, 15) is 14.0 Å². The number of nitrogens with one attached hydrogen (secondary N) is 2. The molecule has 0 fully saturated rings. The molecular weight excluding hydrogens is 335 g/mol. The topological polar surface area (TPSA) is 67.4 Å². The van der Waals surface area contributed by atoms with Crippen molar-refractivity contribution in [1.29, 1.82) is 0 Å². The standard InChI is InChI=1S/C20H23FN2O3/c1-12-5-6-15(9-13(12)2)14(3)23-19(24)11-22-16-7-8-18(21)17(10-16)20(25)26-4/h5-10,14,22H,11H2,1-4H3,(H,23,24). The first-order valence-corrected chi connectivity index (χ1v) is 8.30. The number of esters is 1. The zero-order chi connectivity index (χ0) is 19.3. The van der Waals surface area contributed by atoms with Crippen LogP contribution in [0.1, 0.15) is 40.0 Å². The molecule has 1 amide bonds. The van der Waals surface area contributed by atoms with Crippen LogP contribution in [0.15, 0.2) is 36.4 Å². The molecular formula is C20H23FN2O3. The van der Waals surface area contributed by atoms with Gasteiger partial charge in [-0.3, -0.25) is 4.79 Å². The molecule has 0 aliphatic rings. The van der Waals surface area contributed by atoms with E-state index >= 15 is 0 Å². The highest BCUT2D eigenvalue weighted by atomic mass is 19.1. The van der Waals surface area contributed by atoms with Gasteiger partial charge in [-0.1, -0.05) is 18.2 Å². The smallest absolute Gasteiger partial charge is 0.340 e. The molecule has 2 aromatic rings. The van der Waals surface area contributed by atoms with Crippen LogP contribution in [0.3, 0.4) is 0 Å². The summed E-state index contributed by atoms with van der Waals surface area (Å²) in [5.41, 5.74) is 3.67. The highest BCUT2D eigenvalue weighted by Gasteiger charge is 2.14. The number of rotatable bonds is 6. The van der Waals surface area contributed by atoms with Crippen molar-refractivity contribution in [2.45, 2.75) is 26.8 Å². The summed E-state index contributed by atoms with van der Waals surface area (Å²) >= 11 is 0. The van der Waals surface area contributed by atoms with Crippen molar-refractivity contribution in [2.24, 2.45) is 0 Å². The van der Waals surface area contributed by atoms with Crippen molar-refractivity contribution < 1.29 is 18.7 Å². The molecule has 0 radical (unpaired) electrons. The van der Waals surface area contributed by atoms with Crippen molar-refractivity contribution in [3.8, 4) is 0 Å². The second-order valence-electron chi connectivity index (χ2n) is 6.17. The van der Waals surface area contributed by atoms with Gasteiger partial charge in [0.05, 0.1) is 25.3 Å². The molecule has 0 saturated carbocycles. The molecule has 2 N–H and O–H groups in total. The second-order valence-corrected chi connectivity index (χ2v) is 6.17. The molecule has 0 heterocycles. The number of hydrogen-bond donors (Lipinski definition) is 2. The molecule has 0 saturated heterocycles. The van der Waals surface area contributed by atoms with Crippen LogP contribution in [0, 0.1) is 19.7 Å². The molecule has 0 spiro atoms. The zero-order valence-electron chi connectivity index (χ0n) is 15.4. The third-order valence-electron chi connectivity index (χ3n) is 4.23. The van der Waals surface area contributed by atoms with Crippen molar-refractivity contribution in [3.05, 3.63) is 64.5 Å². The van der Waals surface area contributed by atoms with E-state index in [0.717, 1.165) is 11.6 Å². The number of methoxy groups -OCH3 is 1. The summed E-state index contributed by atoms with van der Waals surface area (Å²) < 4.78 is 18.1. The van der Waals surface area contributed by atoms with E-state index in [0.29, 0.717) is 5.69 Å². The average Bonchev–Trinajstić information content (AvgIpc) is 2.62. The van der Waals surface area contributed by atoms with Gasteiger partial charge in [0.2, 0.25) is 5.91 Å². The van der Waals surface area contributed by atoms with Gasteiger partial charge >= 0.3 is 5.97 Å². The summed E-state index contributed by atoms with van der Waals surface area (Å²) in [6.45, 7) is 5.98. The summed E-state index contributed by atoms with van der Waals surface area (Å²) in [4.78, 5) is 23.7. The average molecular weight is 358 g/mol. The van der Waals surface area contributed by atoms with Gasteiger partial charge in [-0.15, -0.1) is 0 Å². The third kappa shape index (κ3) is 4.81. The molecule has 0 aliphatic carbocycles. The van der Waals surface area contributed by atoms with Gasteiger partial charge in [-0.25, -0.2) is 9.18 Å². The number of anilines is 1. The van der Waals surface area contributed by atoms with Gasteiger partial charge < -0.3 is 15.4 Å². The molecule has 1 unspecified atom stereocenters. The number of halogens is 1. The number of ether oxygens (including phenoxy) is 1. The van der Waals surface area contributed by atoms with Crippen LogP contribution in [-0.2, 0) is 9.53 Å². The van der Waals surface area contributed by atoms with Crippen molar-refractivity contribution in [3.63, 3.8) is 0 Å². The minimum atomic E-state index is -0.765. The van der Waals surface area contributed by atoms with E-state index in [2.05, 4.69) is 21.4 Å². The van der Waals surface area contributed by atoms with E-state index in [1.54, 1.807) is 0 Å². The lowest BCUT2D eigenvalue weighted by Gasteiger charge is -2.16. The van der Waals surface area contributed by atoms with Crippen LogP contribution in [0.25, 0.3) is 0 Å². The fourth-order valence-corrected chi connectivity index (χ4v) is 2.49. The van der Waals surface area contributed by atoms with Crippen LogP contribution < -0.4 is 10.6 Å². The minimum absolute atomic E-state index is 0.00142. The number of aryl methyl sites for hydroxylation is 2. The Hall–Kier alpha value is -2.89. The Morgan fingerprint density at radius 3 is 2.50 bits per heavy atom. The molecule has 5 nitrogen and oxygen atoms in total. The molecule has 0 aliphatic heterocycles. The fourth-order valence-electron chi connectivity index (χ4n) is 2.49. The van der Waals surface area contributed by atoms with Crippen molar-refractivity contribution in [1.82, 2.24) is 5.32 Å². The predicted molar refractivity (Wildman–Crippen MR) is 98.7 cm³/mol. The highest BCUT2D eigenvalue weighted by Crippen LogP contribution is 2.17. The van der Waals surface area contributed by atoms with Crippen LogP contribution >= 0.6 is 0 Å². The van der Waals surface area contributed by atoms with E-state index < -0.39 is 11.8 Å². The number of amides is 1. The maximum atomic E-state index is 13.6. The zero-order valence-corrected chi connectivity index (χ0v) is 15.4. The Bertz CT molecular complexity index is 821. The second kappa shape index (κ2) is 8.47. The first-order chi connectivity index (χ1) is 12.3. The Morgan fingerprint density at radius 1 is 1.12 bits per heavy atom. The monoisotopic (exact) mass is 358 g/mol. The largest absolute Gasteiger partial charge is 0.465 e. The number of carbonyl (C=O) groups is 2. The first-order valence-electron chi connectivity index (χ1n) is 8.30.